The second kappa shape index (κ2) is 7.95. The SMILES string of the molecule is CC.Cc1ccc(C)c(OCc2ncccc2Br)c1. The van der Waals surface area contributed by atoms with Crippen LogP contribution >= 0.6 is 15.9 Å². The third-order valence-corrected chi connectivity index (χ3v) is 3.26. The van der Waals surface area contributed by atoms with Crippen LogP contribution in [0.1, 0.15) is 30.7 Å². The molecule has 0 aliphatic heterocycles. The van der Waals surface area contributed by atoms with Gasteiger partial charge in [0.15, 0.2) is 0 Å². The lowest BCUT2D eigenvalue weighted by Gasteiger charge is -2.10. The number of nitrogens with zero attached hydrogens (tertiary/aromatic N) is 1. The molecular formula is C16H20BrNO. The van der Waals surface area contributed by atoms with E-state index in [1.165, 1.54) is 5.56 Å². The van der Waals surface area contributed by atoms with E-state index in [-0.39, 0.29) is 0 Å². The highest BCUT2D eigenvalue weighted by Gasteiger charge is 2.03. The van der Waals surface area contributed by atoms with E-state index in [1.807, 2.05) is 39.0 Å². The molecule has 0 bridgehead atoms. The maximum atomic E-state index is 5.79. The molecule has 0 saturated heterocycles. The number of hydrogen-bond acceptors (Lipinski definition) is 2. The monoisotopic (exact) mass is 321 g/mol. The van der Waals surface area contributed by atoms with E-state index < -0.39 is 0 Å². The molecule has 2 aromatic rings. The van der Waals surface area contributed by atoms with Gasteiger partial charge >= 0.3 is 0 Å². The van der Waals surface area contributed by atoms with Crippen LogP contribution in [0.15, 0.2) is 41.0 Å². The number of aromatic nitrogens is 1. The zero-order valence-electron chi connectivity index (χ0n) is 11.9. The highest BCUT2D eigenvalue weighted by molar-refractivity contribution is 9.10. The van der Waals surface area contributed by atoms with Gasteiger partial charge in [-0.25, -0.2) is 0 Å². The Kier molecular flexibility index (Phi) is 6.57. The summed E-state index contributed by atoms with van der Waals surface area (Å²) in [5.74, 6) is 0.919. The van der Waals surface area contributed by atoms with Crippen LogP contribution in [0.5, 0.6) is 5.75 Å². The fourth-order valence-corrected chi connectivity index (χ4v) is 1.90. The van der Waals surface area contributed by atoms with Crippen molar-refractivity contribution in [2.75, 3.05) is 0 Å². The second-order valence-corrected chi connectivity index (χ2v) is 4.84. The van der Waals surface area contributed by atoms with Gasteiger partial charge in [-0.2, -0.15) is 0 Å². The first-order chi connectivity index (χ1) is 9.16. The van der Waals surface area contributed by atoms with E-state index in [2.05, 4.69) is 40.0 Å². The predicted octanol–water partition coefficient (Wildman–Crippen LogP) is 5.07. The van der Waals surface area contributed by atoms with Gasteiger partial charge < -0.3 is 4.74 Å². The molecule has 0 spiro atoms. The Morgan fingerprint density at radius 3 is 2.58 bits per heavy atom. The zero-order valence-corrected chi connectivity index (χ0v) is 13.5. The molecule has 0 amide bonds. The number of pyridine rings is 1. The molecule has 0 aliphatic rings. The molecular weight excluding hydrogens is 302 g/mol. The molecule has 0 unspecified atom stereocenters. The summed E-state index contributed by atoms with van der Waals surface area (Å²) in [6.07, 6.45) is 1.77. The van der Waals surface area contributed by atoms with Crippen LogP contribution in [-0.2, 0) is 6.61 Å². The topological polar surface area (TPSA) is 22.1 Å². The Morgan fingerprint density at radius 1 is 1.16 bits per heavy atom. The molecule has 0 aliphatic carbocycles. The summed E-state index contributed by atoms with van der Waals surface area (Å²) in [4.78, 5) is 4.27. The molecule has 0 radical (unpaired) electrons. The van der Waals surface area contributed by atoms with Gasteiger partial charge in [0, 0.05) is 10.7 Å². The molecule has 0 saturated carbocycles. The van der Waals surface area contributed by atoms with E-state index in [0.29, 0.717) is 6.61 Å². The van der Waals surface area contributed by atoms with Gasteiger partial charge in [-0.3, -0.25) is 4.98 Å². The minimum atomic E-state index is 0.478. The summed E-state index contributed by atoms with van der Waals surface area (Å²) in [5.41, 5.74) is 3.25. The molecule has 3 heteroatoms. The Hall–Kier alpha value is -1.35. The molecule has 1 aromatic carbocycles. The number of halogens is 1. The Labute approximate surface area is 124 Å². The van der Waals surface area contributed by atoms with E-state index in [0.717, 1.165) is 21.5 Å². The maximum Gasteiger partial charge on any atom is 0.131 e. The lowest BCUT2D eigenvalue weighted by atomic mass is 10.1. The number of benzene rings is 1. The summed E-state index contributed by atoms with van der Waals surface area (Å²) in [6, 6.07) is 10.1. The van der Waals surface area contributed by atoms with Crippen LogP contribution in [0.4, 0.5) is 0 Å². The van der Waals surface area contributed by atoms with Crippen molar-refractivity contribution in [1.29, 1.82) is 0 Å². The van der Waals surface area contributed by atoms with Gasteiger partial charge in [-0.05, 0) is 59.1 Å². The van der Waals surface area contributed by atoms with Gasteiger partial charge in [0.25, 0.3) is 0 Å². The van der Waals surface area contributed by atoms with Gasteiger partial charge in [0.1, 0.15) is 12.4 Å². The number of hydrogen-bond donors (Lipinski definition) is 0. The Morgan fingerprint density at radius 2 is 1.89 bits per heavy atom. The summed E-state index contributed by atoms with van der Waals surface area (Å²) in [6.45, 7) is 8.58. The van der Waals surface area contributed by atoms with Crippen molar-refractivity contribution in [2.24, 2.45) is 0 Å². The molecule has 102 valence electrons. The lowest BCUT2D eigenvalue weighted by molar-refractivity contribution is 0.298. The second-order valence-electron chi connectivity index (χ2n) is 3.99. The van der Waals surface area contributed by atoms with E-state index in [9.17, 15) is 0 Å². The van der Waals surface area contributed by atoms with Crippen molar-refractivity contribution < 1.29 is 4.74 Å². The first-order valence-electron chi connectivity index (χ1n) is 6.46. The smallest absolute Gasteiger partial charge is 0.131 e. The van der Waals surface area contributed by atoms with Gasteiger partial charge in [-0.1, -0.05) is 26.0 Å². The minimum absolute atomic E-state index is 0.478. The number of rotatable bonds is 3. The standard InChI is InChI=1S/C14H14BrNO.C2H6/c1-10-5-6-11(2)14(8-10)17-9-13-12(15)4-3-7-16-13;1-2/h3-8H,9H2,1-2H3;1-2H3. The van der Waals surface area contributed by atoms with Crippen LogP contribution in [0.3, 0.4) is 0 Å². The fourth-order valence-electron chi connectivity index (χ4n) is 1.53. The van der Waals surface area contributed by atoms with Crippen molar-refractivity contribution in [2.45, 2.75) is 34.3 Å². The fraction of sp³-hybridized carbons (Fsp3) is 0.312. The average Bonchev–Trinajstić information content (AvgIpc) is 2.44. The van der Waals surface area contributed by atoms with Crippen molar-refractivity contribution in [3.05, 3.63) is 57.8 Å². The van der Waals surface area contributed by atoms with Crippen molar-refractivity contribution >= 4 is 15.9 Å². The third-order valence-electron chi connectivity index (χ3n) is 2.54. The quantitative estimate of drug-likeness (QED) is 0.787. The van der Waals surface area contributed by atoms with E-state index in [1.54, 1.807) is 6.20 Å². The average molecular weight is 322 g/mol. The van der Waals surface area contributed by atoms with Crippen LogP contribution in [0.25, 0.3) is 0 Å². The molecule has 1 heterocycles. The van der Waals surface area contributed by atoms with Crippen molar-refractivity contribution in [1.82, 2.24) is 4.98 Å². The van der Waals surface area contributed by atoms with Crippen LogP contribution < -0.4 is 4.74 Å². The first-order valence-corrected chi connectivity index (χ1v) is 7.25. The van der Waals surface area contributed by atoms with Crippen LogP contribution in [0, 0.1) is 13.8 Å². The zero-order chi connectivity index (χ0) is 14.3. The maximum absolute atomic E-state index is 5.79. The van der Waals surface area contributed by atoms with Gasteiger partial charge in [-0.15, -0.1) is 0 Å². The van der Waals surface area contributed by atoms with Gasteiger partial charge in [0.2, 0.25) is 0 Å². The van der Waals surface area contributed by atoms with E-state index in [4.69, 9.17) is 4.74 Å². The molecule has 1 aromatic heterocycles. The predicted molar refractivity (Wildman–Crippen MR) is 83.5 cm³/mol. The van der Waals surface area contributed by atoms with Crippen LogP contribution in [0.2, 0.25) is 0 Å². The summed E-state index contributed by atoms with van der Waals surface area (Å²) < 4.78 is 6.77. The molecule has 2 rings (SSSR count). The number of aryl methyl sites for hydroxylation is 2. The minimum Gasteiger partial charge on any atom is -0.487 e. The molecule has 19 heavy (non-hydrogen) atoms. The molecule has 0 atom stereocenters. The largest absolute Gasteiger partial charge is 0.487 e. The highest BCUT2D eigenvalue weighted by Crippen LogP contribution is 2.21. The summed E-state index contributed by atoms with van der Waals surface area (Å²) >= 11 is 3.46. The molecule has 0 fully saturated rings. The van der Waals surface area contributed by atoms with Crippen molar-refractivity contribution in [3.8, 4) is 5.75 Å². The molecule has 2 nitrogen and oxygen atoms in total. The van der Waals surface area contributed by atoms with Crippen molar-refractivity contribution in [3.63, 3.8) is 0 Å². The lowest BCUT2D eigenvalue weighted by Crippen LogP contribution is -2.00. The van der Waals surface area contributed by atoms with E-state index >= 15 is 0 Å². The third kappa shape index (κ3) is 4.67. The highest BCUT2D eigenvalue weighted by atomic mass is 79.9. The normalized spacial score (nSPS) is 9.53. The Balaban J connectivity index is 0.000000861. The summed E-state index contributed by atoms with van der Waals surface area (Å²) in [7, 11) is 0. The first kappa shape index (κ1) is 15.7. The van der Waals surface area contributed by atoms with Gasteiger partial charge in [0.05, 0.1) is 5.69 Å². The Bertz CT molecular complexity index is 526. The molecule has 0 N–H and O–H groups in total. The summed E-state index contributed by atoms with van der Waals surface area (Å²) in [5, 5.41) is 0. The number of ether oxygens (including phenoxy) is 1. The van der Waals surface area contributed by atoms with Crippen LogP contribution in [-0.4, -0.2) is 4.98 Å².